The average Bonchev–Trinajstić information content (AvgIpc) is 3.06. The maximum absolute atomic E-state index is 13.7. The van der Waals surface area contributed by atoms with Gasteiger partial charge in [0.2, 0.25) is 15.9 Å². The maximum Gasteiger partial charge on any atom is 0.341 e. The molecule has 3 rings (SSSR count). The van der Waals surface area contributed by atoms with E-state index in [0.717, 1.165) is 48.1 Å². The Morgan fingerprint density at radius 1 is 1.19 bits per heavy atom. The van der Waals surface area contributed by atoms with E-state index in [2.05, 4.69) is 5.32 Å². The molecule has 2 aromatic rings. The Bertz CT molecular complexity index is 1130. The SMILES string of the molecule is COC(=O)c1c(NC(=O)[C@@H](C)N(c2ccc(F)c(F)c2)S(C)(=O)=O)sc2c1CCCC2. The van der Waals surface area contributed by atoms with Gasteiger partial charge in [-0.3, -0.25) is 9.10 Å². The van der Waals surface area contributed by atoms with Gasteiger partial charge in [0.25, 0.3) is 0 Å². The van der Waals surface area contributed by atoms with Gasteiger partial charge in [-0.25, -0.2) is 22.0 Å². The number of carbonyl (C=O) groups is 2. The molecular weight excluding hydrogens is 450 g/mol. The first-order chi connectivity index (χ1) is 14.5. The van der Waals surface area contributed by atoms with Crippen molar-refractivity contribution in [2.75, 3.05) is 23.0 Å². The van der Waals surface area contributed by atoms with Crippen LogP contribution < -0.4 is 9.62 Å². The van der Waals surface area contributed by atoms with E-state index in [4.69, 9.17) is 4.74 Å². The Balaban J connectivity index is 1.95. The second kappa shape index (κ2) is 8.91. The van der Waals surface area contributed by atoms with Crippen LogP contribution >= 0.6 is 11.3 Å². The van der Waals surface area contributed by atoms with Crippen LogP contribution in [0.2, 0.25) is 0 Å². The van der Waals surface area contributed by atoms with Crippen molar-refractivity contribution in [1.29, 1.82) is 0 Å². The van der Waals surface area contributed by atoms with E-state index < -0.39 is 39.6 Å². The van der Waals surface area contributed by atoms with Crippen LogP contribution in [-0.4, -0.2) is 39.7 Å². The maximum atomic E-state index is 13.7. The van der Waals surface area contributed by atoms with Crippen molar-refractivity contribution >= 4 is 43.9 Å². The molecule has 1 aliphatic carbocycles. The number of anilines is 2. The zero-order chi connectivity index (χ0) is 22.9. The monoisotopic (exact) mass is 472 g/mol. The predicted molar refractivity (Wildman–Crippen MR) is 114 cm³/mol. The number of benzene rings is 1. The number of halogens is 2. The summed E-state index contributed by atoms with van der Waals surface area (Å²) in [7, 11) is -2.77. The molecule has 1 aliphatic rings. The third-order valence-electron chi connectivity index (χ3n) is 5.04. The molecule has 0 bridgehead atoms. The van der Waals surface area contributed by atoms with Crippen LogP contribution in [0.25, 0.3) is 0 Å². The number of hydrogen-bond acceptors (Lipinski definition) is 6. The molecule has 31 heavy (non-hydrogen) atoms. The molecule has 0 spiro atoms. The van der Waals surface area contributed by atoms with Crippen LogP contribution in [0.4, 0.5) is 19.5 Å². The number of sulfonamides is 1. The second-order valence-corrected chi connectivity index (χ2v) is 10.2. The van der Waals surface area contributed by atoms with Gasteiger partial charge < -0.3 is 10.1 Å². The Morgan fingerprint density at radius 2 is 1.87 bits per heavy atom. The van der Waals surface area contributed by atoms with Crippen molar-refractivity contribution in [3.63, 3.8) is 0 Å². The number of esters is 1. The fraction of sp³-hybridized carbons (Fsp3) is 0.400. The number of thiophene rings is 1. The molecule has 1 N–H and O–H groups in total. The number of nitrogens with one attached hydrogen (secondary N) is 1. The van der Waals surface area contributed by atoms with E-state index in [9.17, 15) is 26.8 Å². The molecule has 0 fully saturated rings. The lowest BCUT2D eigenvalue weighted by molar-refractivity contribution is -0.116. The number of fused-ring (bicyclic) bond motifs is 1. The molecule has 1 atom stereocenters. The lowest BCUT2D eigenvalue weighted by atomic mass is 9.95. The zero-order valence-corrected chi connectivity index (χ0v) is 18.8. The third kappa shape index (κ3) is 4.72. The number of amides is 1. The van der Waals surface area contributed by atoms with Crippen LogP contribution in [0, 0.1) is 11.6 Å². The van der Waals surface area contributed by atoms with Gasteiger partial charge in [-0.2, -0.15) is 0 Å². The van der Waals surface area contributed by atoms with Crippen molar-refractivity contribution < 1.29 is 31.5 Å². The zero-order valence-electron chi connectivity index (χ0n) is 17.2. The van der Waals surface area contributed by atoms with Crippen molar-refractivity contribution in [2.24, 2.45) is 0 Å². The van der Waals surface area contributed by atoms with E-state index in [0.29, 0.717) is 16.8 Å². The van der Waals surface area contributed by atoms with Gasteiger partial charge in [0.15, 0.2) is 11.6 Å². The highest BCUT2D eigenvalue weighted by atomic mass is 32.2. The summed E-state index contributed by atoms with van der Waals surface area (Å²) in [5, 5.41) is 2.92. The highest BCUT2D eigenvalue weighted by molar-refractivity contribution is 7.92. The van der Waals surface area contributed by atoms with Crippen LogP contribution in [0.15, 0.2) is 18.2 Å². The Labute approximate surface area is 183 Å². The molecule has 1 aromatic carbocycles. The van der Waals surface area contributed by atoms with Crippen molar-refractivity contribution in [3.05, 3.63) is 45.8 Å². The van der Waals surface area contributed by atoms with Gasteiger partial charge in [-0.1, -0.05) is 0 Å². The van der Waals surface area contributed by atoms with Gasteiger partial charge in [-0.15, -0.1) is 11.3 Å². The number of nitrogens with zero attached hydrogens (tertiary/aromatic N) is 1. The largest absolute Gasteiger partial charge is 0.465 e. The Kier molecular flexibility index (Phi) is 6.65. The smallest absolute Gasteiger partial charge is 0.341 e. The third-order valence-corrected chi connectivity index (χ3v) is 7.49. The standard InChI is InChI=1S/C20H22F2N2O5S2/c1-11(24(31(3,27)28)12-8-9-14(21)15(22)10-12)18(25)23-19-17(20(26)29-2)13-6-4-5-7-16(13)30-19/h8-11H,4-7H2,1-3H3,(H,23,25)/t11-/m1/s1. The van der Waals surface area contributed by atoms with Crippen LogP contribution in [0.5, 0.6) is 0 Å². The highest BCUT2D eigenvalue weighted by Crippen LogP contribution is 2.38. The quantitative estimate of drug-likeness (QED) is 0.650. The lowest BCUT2D eigenvalue weighted by Crippen LogP contribution is -2.45. The fourth-order valence-corrected chi connectivity index (χ4v) is 6.07. The predicted octanol–water partition coefficient (Wildman–Crippen LogP) is 3.48. The topological polar surface area (TPSA) is 92.8 Å². The van der Waals surface area contributed by atoms with Crippen molar-refractivity contribution in [2.45, 2.75) is 38.6 Å². The first-order valence-corrected chi connectivity index (χ1v) is 12.2. The molecule has 168 valence electrons. The van der Waals surface area contributed by atoms with Gasteiger partial charge in [0.05, 0.1) is 24.6 Å². The van der Waals surface area contributed by atoms with E-state index >= 15 is 0 Å². The van der Waals surface area contributed by atoms with Gasteiger partial charge in [0.1, 0.15) is 11.0 Å². The second-order valence-electron chi connectivity index (χ2n) is 7.23. The summed E-state index contributed by atoms with van der Waals surface area (Å²) in [4.78, 5) is 26.3. The average molecular weight is 473 g/mol. The molecule has 7 nitrogen and oxygen atoms in total. The minimum absolute atomic E-state index is 0.192. The highest BCUT2D eigenvalue weighted by Gasteiger charge is 2.32. The molecule has 11 heteroatoms. The number of rotatable bonds is 6. The molecular formula is C20H22F2N2O5S2. The number of aryl methyl sites for hydroxylation is 1. The molecule has 0 aliphatic heterocycles. The van der Waals surface area contributed by atoms with Gasteiger partial charge >= 0.3 is 5.97 Å². The summed E-state index contributed by atoms with van der Waals surface area (Å²) in [6, 6.07) is 1.27. The summed E-state index contributed by atoms with van der Waals surface area (Å²) in [5.41, 5.74) is 0.927. The summed E-state index contributed by atoms with van der Waals surface area (Å²) in [6.07, 6.45) is 4.21. The Morgan fingerprint density at radius 3 is 2.48 bits per heavy atom. The summed E-state index contributed by atoms with van der Waals surface area (Å²) in [6.45, 7) is 1.32. The van der Waals surface area contributed by atoms with Crippen molar-refractivity contribution in [1.82, 2.24) is 0 Å². The fourth-order valence-electron chi connectivity index (χ4n) is 3.62. The molecule has 0 saturated heterocycles. The summed E-state index contributed by atoms with van der Waals surface area (Å²) in [5.74, 6) is -3.68. The number of ether oxygens (including phenoxy) is 1. The van der Waals surface area contributed by atoms with E-state index in [-0.39, 0.29) is 16.3 Å². The first-order valence-electron chi connectivity index (χ1n) is 9.52. The molecule has 0 unspecified atom stereocenters. The Hall–Kier alpha value is -2.53. The van der Waals surface area contributed by atoms with E-state index in [1.807, 2.05) is 0 Å². The molecule has 0 radical (unpaired) electrons. The number of methoxy groups -OCH3 is 1. The first kappa shape index (κ1) is 23.1. The number of carbonyl (C=O) groups excluding carboxylic acids is 2. The molecule has 1 heterocycles. The normalized spacial score (nSPS) is 14.5. The minimum Gasteiger partial charge on any atom is -0.465 e. The lowest BCUT2D eigenvalue weighted by Gasteiger charge is -2.28. The van der Waals surface area contributed by atoms with Crippen LogP contribution in [0.1, 0.15) is 40.6 Å². The number of hydrogen-bond donors (Lipinski definition) is 1. The van der Waals surface area contributed by atoms with Crippen molar-refractivity contribution in [3.8, 4) is 0 Å². The van der Waals surface area contributed by atoms with Gasteiger partial charge in [-0.05, 0) is 50.3 Å². The summed E-state index contributed by atoms with van der Waals surface area (Å²) >= 11 is 1.26. The van der Waals surface area contributed by atoms with Crippen LogP contribution in [0.3, 0.4) is 0 Å². The van der Waals surface area contributed by atoms with E-state index in [1.54, 1.807) is 0 Å². The molecule has 1 aromatic heterocycles. The van der Waals surface area contributed by atoms with Crippen LogP contribution in [-0.2, 0) is 32.4 Å². The molecule has 1 amide bonds. The summed E-state index contributed by atoms with van der Waals surface area (Å²) < 4.78 is 57.3. The van der Waals surface area contributed by atoms with E-state index in [1.165, 1.54) is 25.4 Å². The van der Waals surface area contributed by atoms with Gasteiger partial charge in [0, 0.05) is 10.9 Å². The minimum atomic E-state index is -4.02. The molecule has 0 saturated carbocycles.